The van der Waals surface area contributed by atoms with Gasteiger partial charge in [-0.05, 0) is 0 Å². The van der Waals surface area contributed by atoms with Crippen LogP contribution in [-0.2, 0) is 24.0 Å². The first-order valence-corrected chi connectivity index (χ1v) is 12.6. The standard InChI is InChI=1S/C11H24N.2C2H5O.CH3.Ti/c1-2-3-4-5-6-7-8-9-10-11-12;2*1-2-3;;/h1-12H2;2*2H2,1H3;1H3;/q;2*-1;;+2. The fourth-order valence-corrected chi connectivity index (χ4v) is 6.51. The number of nitrogens with two attached hydrogens (primary N) is 1. The summed E-state index contributed by atoms with van der Waals surface area (Å²) in [7, 11) is 0. The molecule has 0 radical (unpaired) electrons. The number of hydrogen-bond donors (Lipinski definition) is 1. The average molecular weight is 323 g/mol. The molecular weight excluding hydrogens is 286 g/mol. The predicted octanol–water partition coefficient (Wildman–Crippen LogP) is 4.98. The first-order chi connectivity index (χ1) is 9.68. The second-order valence-corrected chi connectivity index (χ2v) is 10.9. The zero-order valence-corrected chi connectivity index (χ0v) is 15.6. The Kier molecular flexibility index (Phi) is 15.0. The van der Waals surface area contributed by atoms with Gasteiger partial charge in [-0.25, -0.2) is 0 Å². The Balaban J connectivity index is 3.41. The van der Waals surface area contributed by atoms with Crippen LogP contribution in [0.5, 0.6) is 0 Å². The normalized spacial score (nSPS) is 12.0. The molecule has 0 rings (SSSR count). The molecule has 0 aliphatic rings. The van der Waals surface area contributed by atoms with Crippen molar-refractivity contribution in [3.63, 3.8) is 0 Å². The van der Waals surface area contributed by atoms with Gasteiger partial charge in [0, 0.05) is 0 Å². The van der Waals surface area contributed by atoms with Crippen molar-refractivity contribution in [2.75, 3.05) is 19.8 Å². The zero-order chi connectivity index (χ0) is 15.1. The Morgan fingerprint density at radius 3 is 1.50 bits per heavy atom. The quantitative estimate of drug-likeness (QED) is 0.341. The Hall–Kier alpha value is 0.594. The maximum atomic E-state index is 5.91. The van der Waals surface area contributed by atoms with Gasteiger partial charge in [0.15, 0.2) is 0 Å². The van der Waals surface area contributed by atoms with Gasteiger partial charge < -0.3 is 0 Å². The third-order valence-electron chi connectivity index (χ3n) is 3.73. The summed E-state index contributed by atoms with van der Waals surface area (Å²) in [5.41, 5.74) is 5.49. The molecule has 0 atom stereocenters. The molecule has 0 fully saturated rings. The van der Waals surface area contributed by atoms with Crippen LogP contribution in [-0.4, -0.2) is 19.8 Å². The summed E-state index contributed by atoms with van der Waals surface area (Å²) in [6.45, 7) is 6.61. The number of hydrogen-bond acceptors (Lipinski definition) is 3. The van der Waals surface area contributed by atoms with E-state index < -0.39 is 17.4 Å². The number of rotatable bonds is 15. The van der Waals surface area contributed by atoms with Gasteiger partial charge in [-0.15, -0.1) is 0 Å². The molecular formula is C16H37NO2Ti. The summed E-state index contributed by atoms with van der Waals surface area (Å²) < 4.78 is 13.0. The second kappa shape index (κ2) is 14.5. The Morgan fingerprint density at radius 1 is 0.700 bits per heavy atom. The van der Waals surface area contributed by atoms with E-state index in [0.717, 1.165) is 19.8 Å². The molecule has 0 aromatic rings. The minimum atomic E-state index is -2.37. The molecule has 3 nitrogen and oxygen atoms in total. The van der Waals surface area contributed by atoms with Gasteiger partial charge in [0.25, 0.3) is 0 Å². The van der Waals surface area contributed by atoms with Crippen LogP contribution in [0.1, 0.15) is 71.6 Å². The van der Waals surface area contributed by atoms with Gasteiger partial charge in [-0.2, -0.15) is 0 Å². The summed E-state index contributed by atoms with van der Waals surface area (Å²) in [6.07, 6.45) is 12.0. The fourth-order valence-electron chi connectivity index (χ4n) is 2.62. The summed E-state index contributed by atoms with van der Waals surface area (Å²) in [5, 5.41) is 2.25. The molecule has 122 valence electrons. The number of unbranched alkanes of at least 4 members (excludes halogenated alkanes) is 8. The molecule has 0 aliphatic heterocycles. The van der Waals surface area contributed by atoms with Gasteiger partial charge in [0.05, 0.1) is 0 Å². The van der Waals surface area contributed by atoms with Crippen molar-refractivity contribution in [2.45, 2.75) is 81.6 Å². The van der Waals surface area contributed by atoms with Crippen LogP contribution in [0.15, 0.2) is 0 Å². The van der Waals surface area contributed by atoms with Crippen molar-refractivity contribution in [1.29, 1.82) is 0 Å². The monoisotopic (exact) mass is 323 g/mol. The molecule has 4 heteroatoms. The van der Waals surface area contributed by atoms with E-state index in [9.17, 15) is 0 Å². The average Bonchev–Trinajstić information content (AvgIpc) is 2.41. The summed E-state index contributed by atoms with van der Waals surface area (Å²) in [4.78, 5) is 0. The molecule has 0 saturated heterocycles. The molecule has 0 spiro atoms. The van der Waals surface area contributed by atoms with Crippen LogP contribution in [0.25, 0.3) is 0 Å². The van der Waals surface area contributed by atoms with E-state index in [2.05, 4.69) is 19.1 Å². The van der Waals surface area contributed by atoms with Crippen LogP contribution in [0.4, 0.5) is 0 Å². The van der Waals surface area contributed by atoms with E-state index in [-0.39, 0.29) is 0 Å². The second-order valence-electron chi connectivity index (χ2n) is 5.72. The van der Waals surface area contributed by atoms with Gasteiger partial charge in [-0.3, -0.25) is 0 Å². The third-order valence-corrected chi connectivity index (χ3v) is 8.51. The van der Waals surface area contributed by atoms with Crippen molar-refractivity contribution in [3.8, 4) is 0 Å². The summed E-state index contributed by atoms with van der Waals surface area (Å²) in [5.74, 6) is 0. The topological polar surface area (TPSA) is 44.5 Å². The zero-order valence-electron chi connectivity index (χ0n) is 14.1. The van der Waals surface area contributed by atoms with Crippen LogP contribution >= 0.6 is 0 Å². The van der Waals surface area contributed by atoms with Gasteiger partial charge in [0.2, 0.25) is 0 Å². The Bertz CT molecular complexity index is 197. The van der Waals surface area contributed by atoms with Crippen molar-refractivity contribution >= 4 is 0 Å². The fraction of sp³-hybridized carbons (Fsp3) is 1.00. The third kappa shape index (κ3) is 12.3. The molecule has 0 aliphatic carbocycles. The maximum absolute atomic E-state index is 5.91. The van der Waals surface area contributed by atoms with E-state index in [1.165, 1.54) is 62.5 Å². The van der Waals surface area contributed by atoms with Crippen molar-refractivity contribution in [2.24, 2.45) is 5.73 Å². The van der Waals surface area contributed by atoms with E-state index in [4.69, 9.17) is 12.4 Å². The Morgan fingerprint density at radius 2 is 1.10 bits per heavy atom. The molecule has 0 aromatic carbocycles. The molecule has 0 unspecified atom stereocenters. The molecule has 0 amide bonds. The van der Waals surface area contributed by atoms with Crippen molar-refractivity contribution in [1.82, 2.24) is 0 Å². The van der Waals surface area contributed by atoms with Crippen LogP contribution in [0.2, 0.25) is 9.95 Å². The summed E-state index contributed by atoms with van der Waals surface area (Å²) >= 11 is -2.37. The van der Waals surface area contributed by atoms with Crippen molar-refractivity contribution < 1.29 is 24.0 Å². The SMILES string of the molecule is CC[O][Ti]([CH3])([CH2]CCCCCCCCCCN)[O]CC. The van der Waals surface area contributed by atoms with Crippen molar-refractivity contribution in [3.05, 3.63) is 0 Å². The Labute approximate surface area is 131 Å². The van der Waals surface area contributed by atoms with Gasteiger partial charge >= 0.3 is 131 Å². The molecule has 0 bridgehead atoms. The molecule has 0 aromatic heterocycles. The van der Waals surface area contributed by atoms with E-state index >= 15 is 0 Å². The van der Waals surface area contributed by atoms with Gasteiger partial charge in [-0.1, -0.05) is 0 Å². The van der Waals surface area contributed by atoms with Crippen LogP contribution in [0, 0.1) is 0 Å². The first-order valence-electron chi connectivity index (χ1n) is 8.66. The van der Waals surface area contributed by atoms with E-state index in [0.29, 0.717) is 0 Å². The predicted molar refractivity (Wildman–Crippen MR) is 84.5 cm³/mol. The minimum absolute atomic E-state index is 0.805. The van der Waals surface area contributed by atoms with Crippen LogP contribution < -0.4 is 5.73 Å². The van der Waals surface area contributed by atoms with Gasteiger partial charge in [0.1, 0.15) is 0 Å². The molecule has 0 saturated carbocycles. The van der Waals surface area contributed by atoms with Crippen LogP contribution in [0.3, 0.4) is 0 Å². The molecule has 20 heavy (non-hydrogen) atoms. The van der Waals surface area contributed by atoms with E-state index in [1.54, 1.807) is 0 Å². The summed E-state index contributed by atoms with van der Waals surface area (Å²) in [6, 6.07) is 0. The first kappa shape index (κ1) is 20.6. The molecule has 0 heterocycles. The molecule has 2 N–H and O–H groups in total. The van der Waals surface area contributed by atoms with E-state index in [1.807, 2.05) is 0 Å².